The van der Waals surface area contributed by atoms with Gasteiger partial charge in [0.15, 0.2) is 17.6 Å². The van der Waals surface area contributed by atoms with Crippen molar-refractivity contribution in [2.75, 3.05) is 20.3 Å². The molecule has 0 radical (unpaired) electrons. The number of esters is 1. The summed E-state index contributed by atoms with van der Waals surface area (Å²) >= 11 is 0. The molecule has 2 aromatic carbocycles. The number of fused-ring (bicyclic) bond motifs is 1. The molecule has 1 heterocycles. The molecule has 26 heavy (non-hydrogen) atoms. The zero-order chi connectivity index (χ0) is 18.5. The fourth-order valence-electron chi connectivity index (χ4n) is 2.65. The van der Waals surface area contributed by atoms with E-state index in [2.05, 4.69) is 0 Å². The summed E-state index contributed by atoms with van der Waals surface area (Å²) in [5.41, 5.74) is 1.20. The van der Waals surface area contributed by atoms with Gasteiger partial charge in [0.25, 0.3) is 0 Å². The Balaban J connectivity index is 1.59. The van der Waals surface area contributed by atoms with Crippen molar-refractivity contribution in [3.63, 3.8) is 0 Å². The quantitative estimate of drug-likeness (QED) is 0.585. The van der Waals surface area contributed by atoms with Crippen LogP contribution >= 0.6 is 0 Å². The number of ketones is 1. The summed E-state index contributed by atoms with van der Waals surface area (Å²) in [6.07, 6.45) is -0.815. The second-order valence-electron chi connectivity index (χ2n) is 5.88. The number of benzene rings is 2. The molecule has 136 valence electrons. The minimum absolute atomic E-state index is 0.0525. The van der Waals surface area contributed by atoms with Crippen molar-refractivity contribution >= 4 is 11.8 Å². The molecule has 0 spiro atoms. The molecule has 0 aliphatic carbocycles. The molecule has 0 fully saturated rings. The summed E-state index contributed by atoms with van der Waals surface area (Å²) in [7, 11) is 1.55. The van der Waals surface area contributed by atoms with E-state index < -0.39 is 12.1 Å². The van der Waals surface area contributed by atoms with Gasteiger partial charge in [-0.25, -0.2) is 0 Å². The Kier molecular flexibility index (Phi) is 5.41. The molecule has 1 aliphatic rings. The first kappa shape index (κ1) is 17.8. The lowest BCUT2D eigenvalue weighted by molar-refractivity contribution is -0.145. The van der Waals surface area contributed by atoms with E-state index in [1.165, 1.54) is 0 Å². The van der Waals surface area contributed by atoms with Gasteiger partial charge in [-0.2, -0.15) is 0 Å². The van der Waals surface area contributed by atoms with Crippen LogP contribution in [-0.2, 0) is 16.0 Å². The Hall–Kier alpha value is -3.02. The molecule has 6 nitrogen and oxygen atoms in total. The average Bonchev–Trinajstić information content (AvgIpc) is 2.67. The van der Waals surface area contributed by atoms with Crippen molar-refractivity contribution in [1.82, 2.24) is 0 Å². The van der Waals surface area contributed by atoms with Crippen LogP contribution in [0.4, 0.5) is 0 Å². The van der Waals surface area contributed by atoms with E-state index >= 15 is 0 Å². The molecule has 0 bridgehead atoms. The number of Topliss-reactive ketones (excluding diaryl/α,β-unsaturated/α-hetero) is 1. The third-order valence-corrected chi connectivity index (χ3v) is 4.01. The molecule has 0 aromatic heterocycles. The van der Waals surface area contributed by atoms with Gasteiger partial charge in [0, 0.05) is 5.56 Å². The van der Waals surface area contributed by atoms with Crippen molar-refractivity contribution < 1.29 is 28.5 Å². The van der Waals surface area contributed by atoms with E-state index in [1.807, 2.05) is 0 Å². The Morgan fingerprint density at radius 3 is 2.42 bits per heavy atom. The predicted molar refractivity (Wildman–Crippen MR) is 94.0 cm³/mol. The van der Waals surface area contributed by atoms with E-state index in [0.717, 1.165) is 5.56 Å². The number of carbonyl (C=O) groups is 2. The van der Waals surface area contributed by atoms with E-state index in [-0.39, 0.29) is 12.2 Å². The maximum atomic E-state index is 12.4. The second kappa shape index (κ2) is 7.91. The first-order chi connectivity index (χ1) is 12.6. The van der Waals surface area contributed by atoms with Crippen LogP contribution in [0.5, 0.6) is 17.2 Å². The number of rotatable bonds is 6. The van der Waals surface area contributed by atoms with Crippen LogP contribution in [0.2, 0.25) is 0 Å². The molecule has 0 amide bonds. The van der Waals surface area contributed by atoms with Gasteiger partial charge in [-0.15, -0.1) is 0 Å². The van der Waals surface area contributed by atoms with Crippen molar-refractivity contribution in [1.29, 1.82) is 0 Å². The fraction of sp³-hybridized carbons (Fsp3) is 0.300. The molecule has 0 saturated heterocycles. The van der Waals surface area contributed by atoms with Crippen molar-refractivity contribution in [3.05, 3.63) is 53.6 Å². The highest BCUT2D eigenvalue weighted by molar-refractivity contribution is 6.00. The number of ether oxygens (including phenoxy) is 4. The minimum atomic E-state index is -0.867. The maximum Gasteiger partial charge on any atom is 0.310 e. The standard InChI is InChI=1S/C20H20O6/c1-13(20(22)15-4-6-16(23-2)7-5-15)26-19(21)12-14-3-8-17-18(11-14)25-10-9-24-17/h3-8,11,13H,9-10,12H2,1-2H3/t13-/m0/s1. The van der Waals surface area contributed by atoms with E-state index in [9.17, 15) is 9.59 Å². The summed E-state index contributed by atoms with van der Waals surface area (Å²) in [4.78, 5) is 24.5. The fourth-order valence-corrected chi connectivity index (χ4v) is 2.65. The largest absolute Gasteiger partial charge is 0.497 e. The lowest BCUT2D eigenvalue weighted by Crippen LogP contribution is -2.25. The highest BCUT2D eigenvalue weighted by Gasteiger charge is 2.20. The topological polar surface area (TPSA) is 71.1 Å². The van der Waals surface area contributed by atoms with Crippen LogP contribution < -0.4 is 14.2 Å². The molecule has 2 aromatic rings. The Bertz CT molecular complexity index is 796. The highest BCUT2D eigenvalue weighted by atomic mass is 16.6. The maximum absolute atomic E-state index is 12.4. The van der Waals surface area contributed by atoms with Gasteiger partial charge in [0.1, 0.15) is 19.0 Å². The number of carbonyl (C=O) groups excluding carboxylic acids is 2. The number of hydrogen-bond donors (Lipinski definition) is 0. The van der Waals surface area contributed by atoms with Crippen LogP contribution in [0.1, 0.15) is 22.8 Å². The Labute approximate surface area is 151 Å². The number of hydrogen-bond acceptors (Lipinski definition) is 6. The summed E-state index contributed by atoms with van der Waals surface area (Å²) in [6, 6.07) is 12.0. The zero-order valence-corrected chi connectivity index (χ0v) is 14.7. The zero-order valence-electron chi connectivity index (χ0n) is 14.7. The molecule has 0 unspecified atom stereocenters. The van der Waals surface area contributed by atoms with Crippen molar-refractivity contribution in [3.8, 4) is 17.2 Å². The monoisotopic (exact) mass is 356 g/mol. The summed E-state index contributed by atoms with van der Waals surface area (Å²) in [5, 5.41) is 0. The molecule has 1 aliphatic heterocycles. The van der Waals surface area contributed by atoms with Gasteiger partial charge < -0.3 is 18.9 Å². The van der Waals surface area contributed by atoms with Gasteiger partial charge >= 0.3 is 5.97 Å². The van der Waals surface area contributed by atoms with Crippen LogP contribution in [0.15, 0.2) is 42.5 Å². The van der Waals surface area contributed by atoms with Gasteiger partial charge in [0.2, 0.25) is 5.78 Å². The normalized spacial score (nSPS) is 13.6. The van der Waals surface area contributed by atoms with Crippen LogP contribution in [0.25, 0.3) is 0 Å². The van der Waals surface area contributed by atoms with Gasteiger partial charge in [-0.05, 0) is 48.9 Å². The first-order valence-electron chi connectivity index (χ1n) is 8.33. The lowest BCUT2D eigenvalue weighted by Gasteiger charge is -2.19. The molecular formula is C20H20O6. The average molecular weight is 356 g/mol. The van der Waals surface area contributed by atoms with E-state index in [4.69, 9.17) is 18.9 Å². The Morgan fingerprint density at radius 1 is 1.04 bits per heavy atom. The predicted octanol–water partition coefficient (Wildman–Crippen LogP) is 2.82. The van der Waals surface area contributed by atoms with Gasteiger partial charge in [-0.1, -0.05) is 6.07 Å². The third-order valence-electron chi connectivity index (χ3n) is 4.01. The minimum Gasteiger partial charge on any atom is -0.497 e. The number of methoxy groups -OCH3 is 1. The Morgan fingerprint density at radius 2 is 1.73 bits per heavy atom. The summed E-state index contributed by atoms with van der Waals surface area (Å²) < 4.78 is 21.3. The van der Waals surface area contributed by atoms with Gasteiger partial charge in [-0.3, -0.25) is 9.59 Å². The lowest BCUT2D eigenvalue weighted by atomic mass is 10.1. The van der Waals surface area contributed by atoms with Crippen LogP contribution in [-0.4, -0.2) is 38.2 Å². The molecule has 0 N–H and O–H groups in total. The third kappa shape index (κ3) is 4.14. The summed E-state index contributed by atoms with van der Waals surface area (Å²) in [5.74, 6) is 1.20. The van der Waals surface area contributed by atoms with Gasteiger partial charge in [0.05, 0.1) is 13.5 Å². The van der Waals surface area contributed by atoms with Crippen molar-refractivity contribution in [2.24, 2.45) is 0 Å². The summed E-state index contributed by atoms with van der Waals surface area (Å²) in [6.45, 7) is 2.56. The van der Waals surface area contributed by atoms with E-state index in [0.29, 0.717) is 36.0 Å². The van der Waals surface area contributed by atoms with Crippen molar-refractivity contribution in [2.45, 2.75) is 19.4 Å². The van der Waals surface area contributed by atoms with Crippen LogP contribution in [0, 0.1) is 0 Å². The SMILES string of the molecule is COc1ccc(C(=O)[C@H](C)OC(=O)Cc2ccc3c(c2)OCCO3)cc1. The molecular weight excluding hydrogens is 336 g/mol. The smallest absolute Gasteiger partial charge is 0.310 e. The van der Waals surface area contributed by atoms with E-state index in [1.54, 1.807) is 56.5 Å². The molecule has 6 heteroatoms. The molecule has 1 atom stereocenters. The van der Waals surface area contributed by atoms with Crippen LogP contribution in [0.3, 0.4) is 0 Å². The second-order valence-corrected chi connectivity index (χ2v) is 5.88. The molecule has 3 rings (SSSR count). The first-order valence-corrected chi connectivity index (χ1v) is 8.33. The molecule has 0 saturated carbocycles. The highest BCUT2D eigenvalue weighted by Crippen LogP contribution is 2.31.